The molecule has 3 rings (SSSR count). The van der Waals surface area contributed by atoms with Crippen molar-refractivity contribution in [1.82, 2.24) is 20.1 Å². The third-order valence-electron chi connectivity index (χ3n) is 5.49. The number of allylic oxidation sites excluding steroid dienone is 1. The highest BCUT2D eigenvalue weighted by Gasteiger charge is 2.30. The molecule has 1 amide bonds. The Morgan fingerprint density at radius 1 is 1.27 bits per heavy atom. The summed E-state index contributed by atoms with van der Waals surface area (Å²) in [5, 5.41) is 12.6. The van der Waals surface area contributed by atoms with E-state index in [1.807, 2.05) is 0 Å². The second kappa shape index (κ2) is 11.4. The first-order valence-electron chi connectivity index (χ1n) is 10.9. The number of carbonyl (C=O) groups is 1. The summed E-state index contributed by atoms with van der Waals surface area (Å²) in [6.07, 6.45) is -0.240. The fraction of sp³-hybridized carbons (Fsp3) is 0.478. The molecule has 1 fully saturated rings. The van der Waals surface area contributed by atoms with Crippen LogP contribution in [0.5, 0.6) is 0 Å². The third kappa shape index (κ3) is 7.69. The van der Waals surface area contributed by atoms with Crippen LogP contribution in [0, 0.1) is 0 Å². The first kappa shape index (κ1) is 24.9. The van der Waals surface area contributed by atoms with Gasteiger partial charge in [0.05, 0.1) is 18.2 Å². The quantitative estimate of drug-likeness (QED) is 0.524. The molecule has 1 aromatic carbocycles. The summed E-state index contributed by atoms with van der Waals surface area (Å²) >= 11 is 0. The van der Waals surface area contributed by atoms with Crippen LogP contribution in [0.25, 0.3) is 0 Å². The van der Waals surface area contributed by atoms with Crippen LogP contribution in [0.3, 0.4) is 0 Å². The predicted molar refractivity (Wildman–Crippen MR) is 116 cm³/mol. The van der Waals surface area contributed by atoms with Crippen molar-refractivity contribution in [2.45, 2.75) is 38.2 Å². The fourth-order valence-electron chi connectivity index (χ4n) is 3.64. The number of nitrogens with zero attached hydrogens (tertiary/aromatic N) is 3. The fourth-order valence-corrected chi connectivity index (χ4v) is 3.64. The largest absolute Gasteiger partial charge is 0.447 e. The number of β-amino-alcohol motifs (C(OH)–C–C–N with tert-alkyl or cyclic N) is 1. The number of benzene rings is 1. The molecule has 1 atom stereocenters. The summed E-state index contributed by atoms with van der Waals surface area (Å²) in [6.45, 7) is 7.91. The number of aliphatic hydroxyl groups excluding tert-OH is 1. The van der Waals surface area contributed by atoms with Gasteiger partial charge in [0.25, 0.3) is 5.91 Å². The molecule has 0 saturated carbocycles. The molecule has 2 aromatic rings. The number of halogens is 3. The van der Waals surface area contributed by atoms with Crippen molar-refractivity contribution in [1.29, 1.82) is 0 Å². The van der Waals surface area contributed by atoms with Crippen LogP contribution in [0.4, 0.5) is 13.2 Å². The lowest BCUT2D eigenvalue weighted by atomic mass is 10.1. The van der Waals surface area contributed by atoms with Crippen molar-refractivity contribution in [2.75, 3.05) is 32.7 Å². The van der Waals surface area contributed by atoms with E-state index in [0.717, 1.165) is 44.7 Å². The average Bonchev–Trinajstić information content (AvgIpc) is 3.25. The van der Waals surface area contributed by atoms with Gasteiger partial charge >= 0.3 is 6.18 Å². The van der Waals surface area contributed by atoms with Gasteiger partial charge in [-0.15, -0.1) is 6.58 Å². The Kier molecular flexibility index (Phi) is 8.65. The van der Waals surface area contributed by atoms with Gasteiger partial charge in [-0.2, -0.15) is 13.2 Å². The summed E-state index contributed by atoms with van der Waals surface area (Å²) in [5.41, 5.74) is -0.334. The number of hydrogen-bond acceptors (Lipinski definition) is 6. The van der Waals surface area contributed by atoms with Gasteiger partial charge in [0.1, 0.15) is 6.26 Å². The Balaban J connectivity index is 1.44. The van der Waals surface area contributed by atoms with Crippen molar-refractivity contribution in [3.8, 4) is 0 Å². The molecule has 0 unspecified atom stereocenters. The van der Waals surface area contributed by atoms with E-state index < -0.39 is 17.6 Å². The van der Waals surface area contributed by atoms with Gasteiger partial charge in [-0.05, 0) is 30.5 Å². The first-order valence-corrected chi connectivity index (χ1v) is 10.9. The monoisotopic (exact) mass is 466 g/mol. The summed E-state index contributed by atoms with van der Waals surface area (Å²) in [4.78, 5) is 20.9. The Bertz CT molecular complexity index is 924. The molecule has 0 bridgehead atoms. The highest BCUT2D eigenvalue weighted by molar-refractivity contribution is 5.91. The molecule has 2 heterocycles. The summed E-state index contributed by atoms with van der Waals surface area (Å²) in [7, 11) is 0. The molecule has 33 heavy (non-hydrogen) atoms. The number of hydrogen-bond donors (Lipinski definition) is 2. The van der Waals surface area contributed by atoms with Gasteiger partial charge in [0, 0.05) is 39.3 Å². The van der Waals surface area contributed by atoms with E-state index in [1.54, 1.807) is 6.08 Å². The molecule has 0 radical (unpaired) electrons. The maximum absolute atomic E-state index is 12.8. The number of carbonyl (C=O) groups excluding carboxylic acids is 1. The lowest BCUT2D eigenvalue weighted by Gasteiger charge is -2.34. The van der Waals surface area contributed by atoms with Crippen molar-refractivity contribution < 1.29 is 27.5 Å². The number of oxazole rings is 1. The molecule has 1 aliphatic rings. The maximum atomic E-state index is 12.8. The molecule has 0 spiro atoms. The number of rotatable bonds is 10. The topological polar surface area (TPSA) is 81.8 Å². The van der Waals surface area contributed by atoms with E-state index in [4.69, 9.17) is 4.42 Å². The molecular weight excluding hydrogens is 437 g/mol. The smallest absolute Gasteiger partial charge is 0.416 e. The van der Waals surface area contributed by atoms with Crippen LogP contribution >= 0.6 is 0 Å². The molecule has 180 valence electrons. The van der Waals surface area contributed by atoms with Gasteiger partial charge < -0.3 is 14.8 Å². The molecule has 10 heteroatoms. The minimum absolute atomic E-state index is 0.0500. The van der Waals surface area contributed by atoms with Crippen LogP contribution in [0.2, 0.25) is 0 Å². The highest BCUT2D eigenvalue weighted by Crippen LogP contribution is 2.29. The maximum Gasteiger partial charge on any atom is 0.416 e. The highest BCUT2D eigenvalue weighted by atomic mass is 19.4. The molecule has 1 saturated heterocycles. The zero-order valence-corrected chi connectivity index (χ0v) is 18.4. The van der Waals surface area contributed by atoms with Crippen molar-refractivity contribution in [2.24, 2.45) is 0 Å². The number of aliphatic hydroxyl groups is 1. The number of alkyl halides is 3. The SMILES string of the molecule is C=CCC[C@H](O)CN1CCN(Cc2nc(C(=O)NCc3cccc(C(F)(F)F)c3)co2)CC1. The van der Waals surface area contributed by atoms with Gasteiger partial charge in [-0.1, -0.05) is 18.2 Å². The van der Waals surface area contributed by atoms with Crippen LogP contribution in [-0.4, -0.2) is 64.6 Å². The Morgan fingerprint density at radius 2 is 2.00 bits per heavy atom. The van der Waals surface area contributed by atoms with Crippen molar-refractivity contribution in [3.63, 3.8) is 0 Å². The Morgan fingerprint density at radius 3 is 2.70 bits per heavy atom. The molecule has 1 aliphatic heterocycles. The Labute approximate surface area is 190 Å². The van der Waals surface area contributed by atoms with Gasteiger partial charge in [0.15, 0.2) is 5.69 Å². The van der Waals surface area contributed by atoms with Crippen LogP contribution in [0.1, 0.15) is 40.3 Å². The number of nitrogens with one attached hydrogen (secondary N) is 1. The Hall–Kier alpha value is -2.69. The van der Waals surface area contributed by atoms with Crippen LogP contribution in [0.15, 0.2) is 47.6 Å². The minimum Gasteiger partial charge on any atom is -0.447 e. The standard InChI is InChI=1S/C23H29F3N4O3/c1-2-3-7-19(31)14-29-8-10-30(11-9-29)15-21-28-20(16-33-21)22(32)27-13-17-5-4-6-18(12-17)23(24,25)26/h2,4-6,12,16,19,31H,1,3,7-11,13-15H2,(H,27,32)/t19-/m0/s1. The van der Waals surface area contributed by atoms with E-state index >= 15 is 0 Å². The van der Waals surface area contributed by atoms with E-state index in [9.17, 15) is 23.1 Å². The van der Waals surface area contributed by atoms with E-state index in [2.05, 4.69) is 26.7 Å². The normalized spacial score (nSPS) is 16.5. The minimum atomic E-state index is -4.43. The van der Waals surface area contributed by atoms with Gasteiger partial charge in [0.2, 0.25) is 5.89 Å². The molecular formula is C23H29F3N4O3. The second-order valence-corrected chi connectivity index (χ2v) is 8.10. The van der Waals surface area contributed by atoms with Gasteiger partial charge in [-0.25, -0.2) is 4.98 Å². The summed E-state index contributed by atoms with van der Waals surface area (Å²) in [6, 6.07) is 4.81. The number of piperazine rings is 1. The number of amides is 1. The second-order valence-electron chi connectivity index (χ2n) is 8.10. The lowest BCUT2D eigenvalue weighted by molar-refractivity contribution is -0.137. The van der Waals surface area contributed by atoms with E-state index in [1.165, 1.54) is 18.4 Å². The van der Waals surface area contributed by atoms with Gasteiger partial charge in [-0.3, -0.25) is 14.6 Å². The van der Waals surface area contributed by atoms with E-state index in [-0.39, 0.29) is 18.3 Å². The first-order chi connectivity index (χ1) is 15.7. The van der Waals surface area contributed by atoms with Crippen molar-refractivity contribution in [3.05, 3.63) is 65.9 Å². The lowest BCUT2D eigenvalue weighted by Crippen LogP contribution is -2.48. The number of aromatic nitrogens is 1. The molecule has 7 nitrogen and oxygen atoms in total. The molecule has 0 aliphatic carbocycles. The predicted octanol–water partition coefficient (Wildman–Crippen LogP) is 3.07. The van der Waals surface area contributed by atoms with Crippen LogP contribution < -0.4 is 5.32 Å². The third-order valence-corrected chi connectivity index (χ3v) is 5.49. The zero-order chi connectivity index (χ0) is 23.8. The van der Waals surface area contributed by atoms with Crippen LogP contribution in [-0.2, 0) is 19.3 Å². The van der Waals surface area contributed by atoms with E-state index in [0.29, 0.717) is 31.0 Å². The average molecular weight is 467 g/mol. The molecule has 1 aromatic heterocycles. The van der Waals surface area contributed by atoms with Crippen molar-refractivity contribution >= 4 is 5.91 Å². The summed E-state index contributed by atoms with van der Waals surface area (Å²) < 4.78 is 43.9. The molecule has 2 N–H and O–H groups in total. The summed E-state index contributed by atoms with van der Waals surface area (Å²) in [5.74, 6) is -0.112. The zero-order valence-electron chi connectivity index (χ0n) is 18.4.